The molecular formula is C15H15BrFNS. The monoisotopic (exact) mass is 339 g/mol. The molecule has 1 nitrogen and oxygen atoms in total. The van der Waals surface area contributed by atoms with Crippen LogP contribution in [0.1, 0.15) is 17.2 Å². The molecule has 0 saturated heterocycles. The molecule has 0 amide bonds. The van der Waals surface area contributed by atoms with Gasteiger partial charge in [-0.25, -0.2) is 4.39 Å². The maximum absolute atomic E-state index is 13.7. The van der Waals surface area contributed by atoms with Gasteiger partial charge in [0, 0.05) is 26.7 Å². The molecule has 0 fully saturated rings. The molecule has 0 aliphatic rings. The Balaban J connectivity index is 2.07. The molecule has 1 unspecified atom stereocenters. The smallest absolute Gasteiger partial charge is 0.128 e. The summed E-state index contributed by atoms with van der Waals surface area (Å²) in [5.74, 6) is 0.402. The largest absolute Gasteiger partial charge is 0.323 e. The fraction of sp³-hybridized carbons (Fsp3) is 0.200. The van der Waals surface area contributed by atoms with Crippen molar-refractivity contribution in [1.82, 2.24) is 0 Å². The molecule has 1 atom stereocenters. The van der Waals surface area contributed by atoms with Crippen molar-refractivity contribution >= 4 is 27.7 Å². The van der Waals surface area contributed by atoms with Gasteiger partial charge >= 0.3 is 0 Å². The zero-order valence-electron chi connectivity index (χ0n) is 10.6. The Hall–Kier alpha value is -0.840. The Morgan fingerprint density at radius 1 is 1.26 bits per heavy atom. The van der Waals surface area contributed by atoms with E-state index in [1.54, 1.807) is 23.9 Å². The van der Waals surface area contributed by atoms with E-state index in [9.17, 15) is 4.39 Å². The molecule has 0 aliphatic carbocycles. The average Bonchev–Trinajstić information content (AvgIpc) is 2.40. The summed E-state index contributed by atoms with van der Waals surface area (Å²) in [5.41, 5.74) is 7.85. The second-order valence-corrected chi connectivity index (χ2v) is 6.33. The standard InChI is InChI=1S/C15H15BrFNS/c1-10-4-2-3-5-15(10)19-9-14(18)12-8-11(16)6-7-13(12)17/h2-8,14H,9,18H2,1H3. The summed E-state index contributed by atoms with van der Waals surface area (Å²) < 4.78 is 14.6. The van der Waals surface area contributed by atoms with Crippen molar-refractivity contribution in [3.8, 4) is 0 Å². The van der Waals surface area contributed by atoms with Crippen molar-refractivity contribution in [2.75, 3.05) is 5.75 Å². The SMILES string of the molecule is Cc1ccccc1SCC(N)c1cc(Br)ccc1F. The number of hydrogen-bond donors (Lipinski definition) is 1. The minimum atomic E-state index is -0.317. The Morgan fingerprint density at radius 3 is 2.74 bits per heavy atom. The highest BCUT2D eigenvalue weighted by atomic mass is 79.9. The summed E-state index contributed by atoms with van der Waals surface area (Å²) in [6, 6.07) is 12.7. The van der Waals surface area contributed by atoms with E-state index < -0.39 is 0 Å². The summed E-state index contributed by atoms with van der Waals surface area (Å²) in [4.78, 5) is 1.19. The van der Waals surface area contributed by atoms with Gasteiger partial charge in [-0.15, -0.1) is 11.8 Å². The van der Waals surface area contributed by atoms with Crippen LogP contribution in [0.4, 0.5) is 4.39 Å². The summed E-state index contributed by atoms with van der Waals surface area (Å²) in [5, 5.41) is 0. The lowest BCUT2D eigenvalue weighted by Gasteiger charge is -2.14. The third kappa shape index (κ3) is 3.81. The highest BCUT2D eigenvalue weighted by Crippen LogP contribution is 2.28. The third-order valence-corrected chi connectivity index (χ3v) is 4.66. The first-order chi connectivity index (χ1) is 9.08. The zero-order chi connectivity index (χ0) is 13.8. The molecule has 0 spiro atoms. The topological polar surface area (TPSA) is 26.0 Å². The number of nitrogens with two attached hydrogens (primary N) is 1. The first-order valence-corrected chi connectivity index (χ1v) is 7.75. The van der Waals surface area contributed by atoms with Crippen molar-refractivity contribution in [2.24, 2.45) is 5.73 Å². The van der Waals surface area contributed by atoms with E-state index in [0.29, 0.717) is 11.3 Å². The van der Waals surface area contributed by atoms with E-state index in [4.69, 9.17) is 5.73 Å². The Kier molecular flexibility index (Phi) is 5.02. The lowest BCUT2D eigenvalue weighted by molar-refractivity contribution is 0.595. The summed E-state index contributed by atoms with van der Waals surface area (Å²) >= 11 is 5.00. The number of rotatable bonds is 4. The van der Waals surface area contributed by atoms with E-state index in [2.05, 4.69) is 35.0 Å². The molecule has 0 aromatic heterocycles. The van der Waals surface area contributed by atoms with Gasteiger partial charge in [-0.3, -0.25) is 0 Å². The molecule has 4 heteroatoms. The van der Waals surface area contributed by atoms with E-state index in [1.165, 1.54) is 16.5 Å². The lowest BCUT2D eigenvalue weighted by Crippen LogP contribution is -2.14. The van der Waals surface area contributed by atoms with E-state index in [1.807, 2.05) is 12.1 Å². The molecule has 0 saturated carbocycles. The molecule has 0 radical (unpaired) electrons. The number of thioether (sulfide) groups is 1. The van der Waals surface area contributed by atoms with Gasteiger partial charge in [-0.2, -0.15) is 0 Å². The van der Waals surface area contributed by atoms with Crippen LogP contribution in [0.2, 0.25) is 0 Å². The van der Waals surface area contributed by atoms with Gasteiger partial charge < -0.3 is 5.73 Å². The van der Waals surface area contributed by atoms with Crippen LogP contribution in [-0.4, -0.2) is 5.75 Å². The number of hydrogen-bond acceptors (Lipinski definition) is 2. The molecular weight excluding hydrogens is 325 g/mol. The number of benzene rings is 2. The maximum Gasteiger partial charge on any atom is 0.128 e. The highest BCUT2D eigenvalue weighted by Gasteiger charge is 2.12. The fourth-order valence-corrected chi connectivity index (χ4v) is 3.17. The first-order valence-electron chi connectivity index (χ1n) is 5.97. The Bertz CT molecular complexity index is 574. The molecule has 2 aromatic carbocycles. The molecule has 2 rings (SSSR count). The molecule has 0 bridgehead atoms. The predicted octanol–water partition coefficient (Wildman–Crippen LogP) is 4.69. The van der Waals surface area contributed by atoms with Crippen LogP contribution < -0.4 is 5.73 Å². The normalized spacial score (nSPS) is 12.4. The van der Waals surface area contributed by atoms with Gasteiger partial charge in [-0.1, -0.05) is 34.1 Å². The zero-order valence-corrected chi connectivity index (χ0v) is 13.0. The first kappa shape index (κ1) is 14.6. The van der Waals surface area contributed by atoms with Gasteiger partial charge in [-0.05, 0) is 36.8 Å². The van der Waals surface area contributed by atoms with E-state index >= 15 is 0 Å². The van der Waals surface area contributed by atoms with Gasteiger partial charge in [0.25, 0.3) is 0 Å². The minimum Gasteiger partial charge on any atom is -0.323 e. The second kappa shape index (κ2) is 6.55. The fourth-order valence-electron chi connectivity index (χ4n) is 1.79. The molecule has 0 heterocycles. The van der Waals surface area contributed by atoms with Crippen LogP contribution in [0.3, 0.4) is 0 Å². The third-order valence-electron chi connectivity index (χ3n) is 2.87. The second-order valence-electron chi connectivity index (χ2n) is 4.35. The number of aryl methyl sites for hydroxylation is 1. The quantitative estimate of drug-likeness (QED) is 0.817. The average molecular weight is 340 g/mol. The van der Waals surface area contributed by atoms with Crippen molar-refractivity contribution in [2.45, 2.75) is 17.9 Å². The van der Waals surface area contributed by atoms with Crippen LogP contribution >= 0.6 is 27.7 Å². The van der Waals surface area contributed by atoms with Crippen LogP contribution in [-0.2, 0) is 0 Å². The van der Waals surface area contributed by atoms with Gasteiger partial charge in [0.2, 0.25) is 0 Å². The van der Waals surface area contributed by atoms with Crippen molar-refractivity contribution < 1.29 is 4.39 Å². The van der Waals surface area contributed by atoms with Crippen LogP contribution in [0.15, 0.2) is 51.8 Å². The predicted molar refractivity (Wildman–Crippen MR) is 82.9 cm³/mol. The Morgan fingerprint density at radius 2 is 2.00 bits per heavy atom. The minimum absolute atomic E-state index is 0.249. The molecule has 0 aliphatic heterocycles. The molecule has 100 valence electrons. The maximum atomic E-state index is 13.7. The van der Waals surface area contributed by atoms with Gasteiger partial charge in [0.05, 0.1) is 0 Å². The van der Waals surface area contributed by atoms with Crippen LogP contribution in [0.25, 0.3) is 0 Å². The number of halogens is 2. The van der Waals surface area contributed by atoms with Crippen LogP contribution in [0.5, 0.6) is 0 Å². The van der Waals surface area contributed by atoms with Crippen molar-refractivity contribution in [3.63, 3.8) is 0 Å². The molecule has 2 N–H and O–H groups in total. The van der Waals surface area contributed by atoms with Crippen molar-refractivity contribution in [1.29, 1.82) is 0 Å². The summed E-state index contributed by atoms with van der Waals surface area (Å²) in [6.45, 7) is 2.06. The van der Waals surface area contributed by atoms with Gasteiger partial charge in [0.15, 0.2) is 0 Å². The van der Waals surface area contributed by atoms with Crippen molar-refractivity contribution in [3.05, 3.63) is 63.9 Å². The highest BCUT2D eigenvalue weighted by molar-refractivity contribution is 9.10. The summed E-state index contributed by atoms with van der Waals surface area (Å²) in [7, 11) is 0. The van der Waals surface area contributed by atoms with Gasteiger partial charge in [0.1, 0.15) is 5.82 Å². The molecule has 19 heavy (non-hydrogen) atoms. The van der Waals surface area contributed by atoms with E-state index in [-0.39, 0.29) is 11.9 Å². The summed E-state index contributed by atoms with van der Waals surface area (Å²) in [6.07, 6.45) is 0. The Labute approximate surface area is 125 Å². The van der Waals surface area contributed by atoms with E-state index in [0.717, 1.165) is 4.47 Å². The lowest BCUT2D eigenvalue weighted by atomic mass is 10.1. The molecule has 2 aromatic rings. The van der Waals surface area contributed by atoms with Crippen LogP contribution in [0, 0.1) is 12.7 Å².